The van der Waals surface area contributed by atoms with Gasteiger partial charge in [-0.3, -0.25) is 4.79 Å². The number of hydrogen-bond donors (Lipinski definition) is 0. The van der Waals surface area contributed by atoms with E-state index in [4.69, 9.17) is 0 Å². The van der Waals surface area contributed by atoms with Crippen LogP contribution in [0.5, 0.6) is 0 Å². The number of rotatable bonds is 7. The van der Waals surface area contributed by atoms with Crippen molar-refractivity contribution in [1.82, 2.24) is 0 Å². The Kier molecular flexibility index (Phi) is 5.36. The number of Topliss-reactive ketones (excluding diaryl/α,β-unsaturated/α-hetero) is 1. The van der Waals surface area contributed by atoms with Gasteiger partial charge in [0.25, 0.3) is 0 Å². The van der Waals surface area contributed by atoms with Gasteiger partial charge in [0, 0.05) is 5.56 Å². The Bertz CT molecular complexity index is 341. The van der Waals surface area contributed by atoms with Crippen LogP contribution >= 0.6 is 0 Å². The Morgan fingerprint density at radius 1 is 1.12 bits per heavy atom. The van der Waals surface area contributed by atoms with Crippen molar-refractivity contribution in [2.45, 2.75) is 33.7 Å². The molecule has 1 rings (SSSR count). The van der Waals surface area contributed by atoms with Crippen LogP contribution in [-0.2, 0) is 11.3 Å². The van der Waals surface area contributed by atoms with Crippen molar-refractivity contribution in [1.29, 1.82) is 0 Å². The molecule has 17 heavy (non-hydrogen) atoms. The minimum absolute atomic E-state index is 0.294. The number of carbonyl (C=O) groups is 1. The maximum Gasteiger partial charge on any atom is 0.135 e. The fourth-order valence-corrected chi connectivity index (χ4v) is 2.21. The first-order chi connectivity index (χ1) is 8.12. The molecule has 0 aromatic heterocycles. The summed E-state index contributed by atoms with van der Waals surface area (Å²) in [7, 11) is 0. The molecule has 0 N–H and O–H groups in total. The van der Waals surface area contributed by atoms with Crippen LogP contribution in [-0.4, -0.2) is 29.9 Å². The predicted octanol–water partition coefficient (Wildman–Crippen LogP) is 3.02. The zero-order valence-corrected chi connectivity index (χ0v) is 11.3. The van der Waals surface area contributed by atoms with Gasteiger partial charge in [-0.1, -0.05) is 30.3 Å². The summed E-state index contributed by atoms with van der Waals surface area (Å²) in [6, 6.07) is 10.6. The summed E-state index contributed by atoms with van der Waals surface area (Å²) in [6.45, 7) is 10.3. The smallest absolute Gasteiger partial charge is 0.135 e. The molecule has 2 nitrogen and oxygen atoms in total. The molecule has 0 amide bonds. The molecule has 0 radical (unpaired) electrons. The average Bonchev–Trinajstić information content (AvgIpc) is 2.36. The number of hydrogen-bond acceptors (Lipinski definition) is 1. The molecule has 2 heteroatoms. The summed E-state index contributed by atoms with van der Waals surface area (Å²) in [6.07, 6.45) is 0.689. The molecule has 0 spiro atoms. The molecule has 0 fully saturated rings. The Balaban J connectivity index is 2.73. The quantitative estimate of drug-likeness (QED) is 0.663. The maximum atomic E-state index is 11.2. The van der Waals surface area contributed by atoms with Gasteiger partial charge in [-0.05, 0) is 20.8 Å². The summed E-state index contributed by atoms with van der Waals surface area (Å²) in [5, 5.41) is 0. The highest BCUT2D eigenvalue weighted by Gasteiger charge is 2.23. The topological polar surface area (TPSA) is 17.1 Å². The van der Waals surface area contributed by atoms with Gasteiger partial charge in [-0.25, -0.2) is 0 Å². The standard InChI is InChI=1S/C15H24NO/c1-4-16(5-2,12-11-14(3)17)13-15-9-7-6-8-10-15/h6-10H,4-5,11-13H2,1-3H3/q+1. The van der Waals surface area contributed by atoms with Gasteiger partial charge in [-0.2, -0.15) is 0 Å². The first-order valence-corrected chi connectivity index (χ1v) is 6.50. The molecule has 0 saturated heterocycles. The summed E-state index contributed by atoms with van der Waals surface area (Å²) in [5.41, 5.74) is 1.36. The molecule has 0 aliphatic heterocycles. The van der Waals surface area contributed by atoms with E-state index in [1.165, 1.54) is 5.56 Å². The van der Waals surface area contributed by atoms with Gasteiger partial charge in [0.15, 0.2) is 0 Å². The summed E-state index contributed by atoms with van der Waals surface area (Å²) in [5.74, 6) is 0.294. The molecule has 0 atom stereocenters. The monoisotopic (exact) mass is 234 g/mol. The van der Waals surface area contributed by atoms with Crippen molar-refractivity contribution in [2.75, 3.05) is 19.6 Å². The Labute approximate surface area is 105 Å². The molecule has 0 saturated carbocycles. The third-order valence-electron chi connectivity index (χ3n) is 3.64. The highest BCUT2D eigenvalue weighted by molar-refractivity contribution is 5.75. The second kappa shape index (κ2) is 6.55. The first kappa shape index (κ1) is 13.9. The van der Waals surface area contributed by atoms with E-state index >= 15 is 0 Å². The largest absolute Gasteiger partial charge is 0.320 e. The van der Waals surface area contributed by atoms with Crippen LogP contribution in [0, 0.1) is 0 Å². The summed E-state index contributed by atoms with van der Waals surface area (Å²) < 4.78 is 1.00. The third-order valence-corrected chi connectivity index (χ3v) is 3.64. The van der Waals surface area contributed by atoms with Crippen molar-refractivity contribution >= 4 is 5.78 Å². The van der Waals surface area contributed by atoms with Gasteiger partial charge in [0.1, 0.15) is 12.3 Å². The van der Waals surface area contributed by atoms with E-state index in [2.05, 4.69) is 38.1 Å². The molecule has 1 aromatic rings. The van der Waals surface area contributed by atoms with Crippen molar-refractivity contribution in [3.8, 4) is 0 Å². The Morgan fingerprint density at radius 2 is 1.71 bits per heavy atom. The lowest BCUT2D eigenvalue weighted by atomic mass is 10.1. The zero-order valence-electron chi connectivity index (χ0n) is 11.3. The van der Waals surface area contributed by atoms with Crippen LogP contribution < -0.4 is 0 Å². The Morgan fingerprint density at radius 3 is 2.18 bits per heavy atom. The summed E-state index contributed by atoms with van der Waals surface area (Å²) in [4.78, 5) is 11.2. The molecule has 0 heterocycles. The third kappa shape index (κ3) is 4.31. The van der Waals surface area contributed by atoms with E-state index in [0.29, 0.717) is 12.2 Å². The van der Waals surface area contributed by atoms with Gasteiger partial charge < -0.3 is 4.48 Å². The molecule has 0 aliphatic carbocycles. The minimum atomic E-state index is 0.294. The second-order valence-corrected chi connectivity index (χ2v) is 4.79. The number of quaternary nitrogens is 1. The van der Waals surface area contributed by atoms with E-state index in [9.17, 15) is 4.79 Å². The molecule has 0 aliphatic rings. The number of benzene rings is 1. The highest BCUT2D eigenvalue weighted by atomic mass is 16.1. The first-order valence-electron chi connectivity index (χ1n) is 6.50. The van der Waals surface area contributed by atoms with Crippen molar-refractivity contribution in [2.24, 2.45) is 0 Å². The van der Waals surface area contributed by atoms with Gasteiger partial charge in [0.05, 0.1) is 26.1 Å². The van der Waals surface area contributed by atoms with Crippen LogP contribution in [0.3, 0.4) is 0 Å². The number of carbonyl (C=O) groups excluding carboxylic acids is 1. The average molecular weight is 234 g/mol. The van der Waals surface area contributed by atoms with E-state index in [0.717, 1.165) is 30.7 Å². The van der Waals surface area contributed by atoms with E-state index in [1.54, 1.807) is 6.92 Å². The number of ketones is 1. The molecule has 0 unspecified atom stereocenters. The van der Waals surface area contributed by atoms with Gasteiger partial charge in [-0.15, -0.1) is 0 Å². The van der Waals surface area contributed by atoms with Crippen LogP contribution in [0.15, 0.2) is 30.3 Å². The molecular formula is C15H24NO+. The highest BCUT2D eigenvalue weighted by Crippen LogP contribution is 2.15. The maximum absolute atomic E-state index is 11.2. The van der Waals surface area contributed by atoms with Crippen LogP contribution in [0.25, 0.3) is 0 Å². The molecule has 94 valence electrons. The minimum Gasteiger partial charge on any atom is -0.320 e. The molecule has 1 aromatic carbocycles. The fraction of sp³-hybridized carbons (Fsp3) is 0.533. The van der Waals surface area contributed by atoms with Gasteiger partial charge in [0.2, 0.25) is 0 Å². The van der Waals surface area contributed by atoms with Crippen molar-refractivity contribution in [3.63, 3.8) is 0 Å². The SMILES string of the molecule is CC[N+](CC)(CCC(C)=O)Cc1ccccc1. The lowest BCUT2D eigenvalue weighted by Gasteiger charge is -2.36. The van der Waals surface area contributed by atoms with Crippen molar-refractivity contribution in [3.05, 3.63) is 35.9 Å². The Hall–Kier alpha value is -1.15. The van der Waals surface area contributed by atoms with Gasteiger partial charge >= 0.3 is 0 Å². The van der Waals surface area contributed by atoms with E-state index in [1.807, 2.05) is 6.07 Å². The van der Waals surface area contributed by atoms with E-state index in [-0.39, 0.29) is 0 Å². The van der Waals surface area contributed by atoms with Crippen LogP contribution in [0.1, 0.15) is 32.8 Å². The predicted molar refractivity (Wildman–Crippen MR) is 71.7 cm³/mol. The normalized spacial score (nSPS) is 11.5. The van der Waals surface area contributed by atoms with E-state index < -0.39 is 0 Å². The molecule has 0 bridgehead atoms. The summed E-state index contributed by atoms with van der Waals surface area (Å²) >= 11 is 0. The van der Waals surface area contributed by atoms with Crippen LogP contribution in [0.2, 0.25) is 0 Å². The zero-order chi connectivity index (χ0) is 12.7. The van der Waals surface area contributed by atoms with Crippen molar-refractivity contribution < 1.29 is 9.28 Å². The number of nitrogens with zero attached hydrogens (tertiary/aromatic N) is 1. The van der Waals surface area contributed by atoms with Crippen LogP contribution in [0.4, 0.5) is 0 Å². The molecular weight excluding hydrogens is 210 g/mol. The lowest BCUT2D eigenvalue weighted by molar-refractivity contribution is -0.937. The second-order valence-electron chi connectivity index (χ2n) is 4.79. The lowest BCUT2D eigenvalue weighted by Crippen LogP contribution is -2.48. The fourth-order valence-electron chi connectivity index (χ4n) is 2.21.